The highest BCUT2D eigenvalue weighted by Crippen LogP contribution is 2.28. The fourth-order valence-electron chi connectivity index (χ4n) is 3.21. The Morgan fingerprint density at radius 2 is 1.86 bits per heavy atom. The van der Waals surface area contributed by atoms with E-state index in [2.05, 4.69) is 22.3 Å². The third-order valence-electron chi connectivity index (χ3n) is 4.80. The summed E-state index contributed by atoms with van der Waals surface area (Å²) in [4.78, 5) is 22.2. The number of hydrogen-bond acceptors (Lipinski definition) is 5. The van der Waals surface area contributed by atoms with Gasteiger partial charge in [-0.3, -0.25) is 4.79 Å². The molecule has 0 spiro atoms. The lowest BCUT2D eigenvalue weighted by Crippen LogP contribution is -2.25. The standard InChI is InChI=1S/C22H23N5OS/c1-4-15-10-12-16(13-11-15)24-21(28)19(5-2)29-22-25-18-9-7-6-8-17(18)20-23-14(3)26-27(20)22/h6-13,19H,4-5H2,1-3H3,(H,24,28). The zero-order valence-corrected chi connectivity index (χ0v) is 17.5. The molecule has 1 atom stereocenters. The van der Waals surface area contributed by atoms with Crippen LogP contribution in [0.1, 0.15) is 31.7 Å². The van der Waals surface area contributed by atoms with Crippen molar-refractivity contribution in [1.82, 2.24) is 19.6 Å². The minimum absolute atomic E-state index is 0.0401. The number of fused-ring (bicyclic) bond motifs is 3. The highest BCUT2D eigenvalue weighted by molar-refractivity contribution is 8.00. The molecular formula is C22H23N5OS. The maximum Gasteiger partial charge on any atom is 0.237 e. The van der Waals surface area contributed by atoms with Gasteiger partial charge in [0, 0.05) is 11.1 Å². The number of benzene rings is 2. The maximum atomic E-state index is 12.9. The summed E-state index contributed by atoms with van der Waals surface area (Å²) in [5, 5.41) is 8.86. The van der Waals surface area contributed by atoms with Gasteiger partial charge in [0.2, 0.25) is 5.91 Å². The Morgan fingerprint density at radius 3 is 2.59 bits per heavy atom. The van der Waals surface area contributed by atoms with Gasteiger partial charge < -0.3 is 5.32 Å². The summed E-state index contributed by atoms with van der Waals surface area (Å²) < 4.78 is 1.74. The lowest BCUT2D eigenvalue weighted by atomic mass is 10.1. The summed E-state index contributed by atoms with van der Waals surface area (Å²) in [6, 6.07) is 15.8. The predicted octanol–water partition coefficient (Wildman–Crippen LogP) is 4.66. The van der Waals surface area contributed by atoms with Crippen molar-refractivity contribution in [3.63, 3.8) is 0 Å². The van der Waals surface area contributed by atoms with E-state index < -0.39 is 0 Å². The van der Waals surface area contributed by atoms with E-state index in [0.29, 0.717) is 17.4 Å². The number of carbonyl (C=O) groups excluding carboxylic acids is 1. The van der Waals surface area contributed by atoms with Gasteiger partial charge in [-0.15, -0.1) is 5.10 Å². The van der Waals surface area contributed by atoms with Gasteiger partial charge in [0.25, 0.3) is 0 Å². The van der Waals surface area contributed by atoms with Crippen LogP contribution in [0.15, 0.2) is 53.7 Å². The van der Waals surface area contributed by atoms with E-state index in [9.17, 15) is 4.79 Å². The largest absolute Gasteiger partial charge is 0.325 e. The van der Waals surface area contributed by atoms with E-state index in [1.807, 2.05) is 62.4 Å². The molecule has 2 heterocycles. The molecule has 0 saturated heterocycles. The van der Waals surface area contributed by atoms with Gasteiger partial charge in [-0.1, -0.05) is 49.9 Å². The summed E-state index contributed by atoms with van der Waals surface area (Å²) in [6.07, 6.45) is 1.65. The van der Waals surface area contributed by atoms with Gasteiger partial charge in [0.05, 0.1) is 10.8 Å². The number of amides is 1. The average molecular weight is 406 g/mol. The maximum absolute atomic E-state index is 12.9. The number of hydrogen-bond donors (Lipinski definition) is 1. The van der Waals surface area contributed by atoms with Crippen LogP contribution in [0.2, 0.25) is 0 Å². The van der Waals surface area contributed by atoms with Crippen LogP contribution in [0.3, 0.4) is 0 Å². The van der Waals surface area contributed by atoms with Gasteiger partial charge in [-0.2, -0.15) is 4.52 Å². The Kier molecular flexibility index (Phi) is 5.49. The number of nitrogens with zero attached hydrogens (tertiary/aromatic N) is 4. The number of rotatable bonds is 6. The molecule has 0 fully saturated rings. The zero-order chi connectivity index (χ0) is 20.4. The quantitative estimate of drug-likeness (QED) is 0.373. The number of aryl methyl sites for hydroxylation is 2. The SMILES string of the molecule is CCc1ccc(NC(=O)C(CC)Sc2nc3ccccc3c3nc(C)nn23)cc1. The van der Waals surface area contributed by atoms with Crippen LogP contribution in [0.5, 0.6) is 0 Å². The number of nitrogens with one attached hydrogen (secondary N) is 1. The van der Waals surface area contributed by atoms with Gasteiger partial charge >= 0.3 is 0 Å². The lowest BCUT2D eigenvalue weighted by molar-refractivity contribution is -0.115. The smallest absolute Gasteiger partial charge is 0.237 e. The Hall–Kier alpha value is -2.93. The van der Waals surface area contributed by atoms with Crippen LogP contribution >= 0.6 is 11.8 Å². The van der Waals surface area contributed by atoms with Crippen molar-refractivity contribution in [2.75, 3.05) is 5.32 Å². The summed E-state index contributed by atoms with van der Waals surface area (Å²) in [5.74, 6) is 0.639. The van der Waals surface area contributed by atoms with E-state index in [4.69, 9.17) is 4.98 Å². The summed E-state index contributed by atoms with van der Waals surface area (Å²) >= 11 is 1.42. The van der Waals surface area contributed by atoms with E-state index >= 15 is 0 Å². The molecule has 2 aromatic carbocycles. The molecule has 4 rings (SSSR count). The van der Waals surface area contributed by atoms with Gasteiger partial charge in [-0.25, -0.2) is 9.97 Å². The van der Waals surface area contributed by atoms with Crippen molar-refractivity contribution in [2.45, 2.75) is 44.0 Å². The molecule has 148 valence electrons. The predicted molar refractivity (Wildman–Crippen MR) is 117 cm³/mol. The van der Waals surface area contributed by atoms with E-state index in [1.165, 1.54) is 17.3 Å². The third-order valence-corrected chi connectivity index (χ3v) is 6.10. The second-order valence-electron chi connectivity index (χ2n) is 6.86. The Morgan fingerprint density at radius 1 is 1.10 bits per heavy atom. The molecule has 1 amide bonds. The molecule has 0 bridgehead atoms. The topological polar surface area (TPSA) is 72.2 Å². The molecule has 0 radical (unpaired) electrons. The van der Waals surface area contributed by atoms with Crippen molar-refractivity contribution in [3.8, 4) is 0 Å². The van der Waals surface area contributed by atoms with Gasteiger partial charge in [0.15, 0.2) is 10.8 Å². The molecule has 0 saturated carbocycles. The number of carbonyl (C=O) groups is 1. The first-order valence-corrected chi connectivity index (χ1v) is 10.7. The molecule has 29 heavy (non-hydrogen) atoms. The summed E-state index contributed by atoms with van der Waals surface area (Å²) in [5.41, 5.74) is 3.66. The highest BCUT2D eigenvalue weighted by atomic mass is 32.2. The second kappa shape index (κ2) is 8.21. The first kappa shape index (κ1) is 19.4. The zero-order valence-electron chi connectivity index (χ0n) is 16.7. The van der Waals surface area contributed by atoms with Crippen molar-refractivity contribution in [3.05, 3.63) is 59.9 Å². The first-order valence-electron chi connectivity index (χ1n) is 9.77. The fourth-order valence-corrected chi connectivity index (χ4v) is 4.17. The number of thioether (sulfide) groups is 1. The van der Waals surface area contributed by atoms with Crippen molar-refractivity contribution in [1.29, 1.82) is 0 Å². The van der Waals surface area contributed by atoms with E-state index in [-0.39, 0.29) is 11.2 Å². The Bertz CT molecular complexity index is 1170. The first-order chi connectivity index (χ1) is 14.1. The van der Waals surface area contributed by atoms with Crippen LogP contribution in [0.4, 0.5) is 5.69 Å². The van der Waals surface area contributed by atoms with Crippen LogP contribution in [0, 0.1) is 6.92 Å². The molecular weight excluding hydrogens is 382 g/mol. The average Bonchev–Trinajstić information content (AvgIpc) is 3.14. The van der Waals surface area contributed by atoms with Crippen molar-refractivity contribution >= 4 is 39.9 Å². The van der Waals surface area contributed by atoms with Crippen LogP contribution in [-0.4, -0.2) is 30.7 Å². The normalized spacial score (nSPS) is 12.4. The van der Waals surface area contributed by atoms with Crippen molar-refractivity contribution in [2.24, 2.45) is 0 Å². The summed E-state index contributed by atoms with van der Waals surface area (Å²) in [6.45, 7) is 5.98. The number of para-hydroxylation sites is 1. The second-order valence-corrected chi connectivity index (χ2v) is 8.03. The minimum atomic E-state index is -0.290. The Balaban J connectivity index is 1.63. The highest BCUT2D eigenvalue weighted by Gasteiger charge is 2.22. The van der Waals surface area contributed by atoms with Crippen LogP contribution < -0.4 is 5.32 Å². The van der Waals surface area contributed by atoms with Crippen molar-refractivity contribution < 1.29 is 4.79 Å². The molecule has 1 unspecified atom stereocenters. The molecule has 6 nitrogen and oxygen atoms in total. The number of anilines is 1. The molecule has 7 heteroatoms. The van der Waals surface area contributed by atoms with E-state index in [1.54, 1.807) is 4.52 Å². The van der Waals surface area contributed by atoms with Gasteiger partial charge in [-0.05, 0) is 49.6 Å². The molecule has 0 aliphatic carbocycles. The molecule has 2 aromatic heterocycles. The third kappa shape index (κ3) is 3.96. The molecule has 4 aromatic rings. The molecule has 0 aliphatic heterocycles. The van der Waals surface area contributed by atoms with Crippen LogP contribution in [0.25, 0.3) is 16.6 Å². The lowest BCUT2D eigenvalue weighted by Gasteiger charge is -2.15. The molecule has 0 aliphatic rings. The van der Waals surface area contributed by atoms with Gasteiger partial charge in [0.1, 0.15) is 5.82 Å². The van der Waals surface area contributed by atoms with E-state index in [0.717, 1.165) is 28.7 Å². The number of aromatic nitrogens is 4. The monoisotopic (exact) mass is 405 g/mol. The molecule has 1 N–H and O–H groups in total. The fraction of sp³-hybridized carbons (Fsp3) is 0.273. The summed E-state index contributed by atoms with van der Waals surface area (Å²) in [7, 11) is 0. The minimum Gasteiger partial charge on any atom is -0.325 e. The van der Waals surface area contributed by atoms with Crippen LogP contribution in [-0.2, 0) is 11.2 Å². The Labute approximate surface area is 173 Å².